The second-order valence-electron chi connectivity index (χ2n) is 5.00. The predicted octanol–water partition coefficient (Wildman–Crippen LogP) is 2.38. The van der Waals surface area contributed by atoms with Gasteiger partial charge in [-0.2, -0.15) is 0 Å². The van der Waals surface area contributed by atoms with Gasteiger partial charge in [0.2, 0.25) is 0 Å². The quantitative estimate of drug-likeness (QED) is 0.797. The summed E-state index contributed by atoms with van der Waals surface area (Å²) in [4.78, 5) is 25.9. The lowest BCUT2D eigenvalue weighted by molar-refractivity contribution is -0.140. The Kier molecular flexibility index (Phi) is 2.82. The van der Waals surface area contributed by atoms with Crippen LogP contribution in [0.1, 0.15) is 28.9 Å². The van der Waals surface area contributed by atoms with Gasteiger partial charge >= 0.3 is 5.97 Å². The van der Waals surface area contributed by atoms with Crippen LogP contribution in [0.3, 0.4) is 0 Å². The number of aromatic nitrogens is 1. The first-order valence-electron chi connectivity index (χ1n) is 6.40. The van der Waals surface area contributed by atoms with E-state index in [0.29, 0.717) is 24.2 Å². The van der Waals surface area contributed by atoms with E-state index < -0.39 is 11.4 Å². The van der Waals surface area contributed by atoms with Crippen molar-refractivity contribution in [3.05, 3.63) is 53.9 Å². The van der Waals surface area contributed by atoms with Gasteiger partial charge in [0, 0.05) is 11.9 Å². The summed E-state index contributed by atoms with van der Waals surface area (Å²) in [6.45, 7) is 0. The van der Waals surface area contributed by atoms with Gasteiger partial charge in [0.15, 0.2) is 0 Å². The van der Waals surface area contributed by atoms with Gasteiger partial charge in [0.25, 0.3) is 5.91 Å². The van der Waals surface area contributed by atoms with Crippen LogP contribution in [0, 0.1) is 0 Å². The van der Waals surface area contributed by atoms with Crippen LogP contribution in [0.5, 0.6) is 0 Å². The molecule has 3 N–H and O–H groups in total. The SMILES string of the molecule is O=C(Nc1ccc(C2(C(=O)O)CC2)cc1)c1ccc[nH]1. The van der Waals surface area contributed by atoms with Crippen molar-refractivity contribution < 1.29 is 14.7 Å². The molecule has 1 aromatic heterocycles. The number of rotatable bonds is 4. The average Bonchev–Trinajstić information content (AvgIpc) is 3.07. The van der Waals surface area contributed by atoms with E-state index in [0.717, 1.165) is 5.56 Å². The molecule has 0 atom stereocenters. The first-order chi connectivity index (χ1) is 9.62. The normalized spacial score (nSPS) is 15.6. The molecule has 0 unspecified atom stereocenters. The number of hydrogen-bond acceptors (Lipinski definition) is 2. The number of amides is 1. The fourth-order valence-electron chi connectivity index (χ4n) is 2.29. The van der Waals surface area contributed by atoms with Crippen molar-refractivity contribution in [3.63, 3.8) is 0 Å². The molecule has 0 saturated heterocycles. The first kappa shape index (κ1) is 12.5. The summed E-state index contributed by atoms with van der Waals surface area (Å²) in [5.41, 5.74) is 1.22. The van der Waals surface area contributed by atoms with Crippen LogP contribution >= 0.6 is 0 Å². The number of nitrogens with one attached hydrogen (secondary N) is 2. The fourth-order valence-corrected chi connectivity index (χ4v) is 2.29. The van der Waals surface area contributed by atoms with Crippen LogP contribution in [0.2, 0.25) is 0 Å². The molecule has 3 rings (SSSR count). The molecule has 1 saturated carbocycles. The number of aliphatic carboxylic acids is 1. The van der Waals surface area contributed by atoms with Crippen molar-refractivity contribution in [3.8, 4) is 0 Å². The topological polar surface area (TPSA) is 82.2 Å². The summed E-state index contributed by atoms with van der Waals surface area (Å²) in [6.07, 6.45) is 3.04. The lowest BCUT2D eigenvalue weighted by Crippen LogP contribution is -2.19. The second kappa shape index (κ2) is 4.52. The lowest BCUT2D eigenvalue weighted by atomic mass is 9.96. The Labute approximate surface area is 115 Å². The van der Waals surface area contributed by atoms with E-state index in [2.05, 4.69) is 10.3 Å². The highest BCUT2D eigenvalue weighted by Crippen LogP contribution is 2.48. The van der Waals surface area contributed by atoms with Gasteiger partial charge in [-0.25, -0.2) is 0 Å². The Hall–Kier alpha value is -2.56. The third-order valence-corrected chi connectivity index (χ3v) is 3.70. The van der Waals surface area contributed by atoms with Gasteiger partial charge in [0.05, 0.1) is 5.41 Å². The maximum atomic E-state index is 11.8. The molecule has 1 aliphatic rings. The smallest absolute Gasteiger partial charge is 0.314 e. The van der Waals surface area contributed by atoms with Gasteiger partial charge in [-0.1, -0.05) is 12.1 Å². The Morgan fingerprint density at radius 3 is 2.35 bits per heavy atom. The third kappa shape index (κ3) is 2.07. The summed E-state index contributed by atoms with van der Waals surface area (Å²) < 4.78 is 0. The van der Waals surface area contributed by atoms with E-state index in [9.17, 15) is 14.7 Å². The zero-order valence-electron chi connectivity index (χ0n) is 10.7. The summed E-state index contributed by atoms with van der Waals surface area (Å²) in [5.74, 6) is -0.997. The zero-order chi connectivity index (χ0) is 14.2. The number of carbonyl (C=O) groups is 2. The summed E-state index contributed by atoms with van der Waals surface area (Å²) in [7, 11) is 0. The number of H-pyrrole nitrogens is 1. The Morgan fingerprint density at radius 1 is 1.15 bits per heavy atom. The van der Waals surface area contributed by atoms with Crippen LogP contribution in [-0.2, 0) is 10.2 Å². The Morgan fingerprint density at radius 2 is 1.85 bits per heavy atom. The van der Waals surface area contributed by atoms with Gasteiger partial charge in [-0.15, -0.1) is 0 Å². The van der Waals surface area contributed by atoms with E-state index in [-0.39, 0.29) is 5.91 Å². The van der Waals surface area contributed by atoms with Crippen molar-refractivity contribution >= 4 is 17.6 Å². The van der Waals surface area contributed by atoms with Crippen LogP contribution in [-0.4, -0.2) is 22.0 Å². The van der Waals surface area contributed by atoms with E-state index >= 15 is 0 Å². The molecule has 20 heavy (non-hydrogen) atoms. The number of anilines is 1. The molecule has 1 aliphatic carbocycles. The molecule has 0 bridgehead atoms. The minimum Gasteiger partial charge on any atom is -0.481 e. The zero-order valence-corrected chi connectivity index (χ0v) is 10.7. The molecule has 2 aromatic rings. The predicted molar refractivity (Wildman–Crippen MR) is 73.7 cm³/mol. The number of hydrogen-bond donors (Lipinski definition) is 3. The van der Waals surface area contributed by atoms with Crippen LogP contribution in [0.15, 0.2) is 42.6 Å². The van der Waals surface area contributed by atoms with Gasteiger partial charge in [-0.05, 0) is 42.7 Å². The summed E-state index contributed by atoms with van der Waals surface area (Å²) in [5, 5.41) is 12.0. The number of carboxylic acid groups (broad SMARTS) is 1. The highest BCUT2D eigenvalue weighted by atomic mass is 16.4. The molecule has 1 heterocycles. The lowest BCUT2D eigenvalue weighted by Gasteiger charge is -2.11. The van der Waals surface area contributed by atoms with Gasteiger partial charge < -0.3 is 15.4 Å². The minimum atomic E-state index is -0.777. The minimum absolute atomic E-state index is 0.220. The molecule has 0 spiro atoms. The van der Waals surface area contributed by atoms with Crippen molar-refractivity contribution in [1.82, 2.24) is 4.98 Å². The average molecular weight is 270 g/mol. The molecule has 1 fully saturated rings. The second-order valence-corrected chi connectivity index (χ2v) is 5.00. The molecular weight excluding hydrogens is 256 g/mol. The number of benzene rings is 1. The van der Waals surface area contributed by atoms with E-state index in [1.54, 1.807) is 42.6 Å². The van der Waals surface area contributed by atoms with E-state index in [4.69, 9.17) is 0 Å². The number of carbonyl (C=O) groups excluding carboxylic acids is 1. The van der Waals surface area contributed by atoms with Crippen LogP contribution < -0.4 is 5.32 Å². The summed E-state index contributed by atoms with van der Waals surface area (Å²) >= 11 is 0. The monoisotopic (exact) mass is 270 g/mol. The molecular formula is C15H14N2O3. The van der Waals surface area contributed by atoms with Crippen molar-refractivity contribution in [2.45, 2.75) is 18.3 Å². The third-order valence-electron chi connectivity index (χ3n) is 3.70. The molecule has 5 nitrogen and oxygen atoms in total. The molecule has 0 aliphatic heterocycles. The van der Waals surface area contributed by atoms with Gasteiger partial charge in [-0.3, -0.25) is 9.59 Å². The Balaban J connectivity index is 1.74. The molecule has 5 heteroatoms. The van der Waals surface area contributed by atoms with Crippen molar-refractivity contribution in [1.29, 1.82) is 0 Å². The maximum absolute atomic E-state index is 11.8. The van der Waals surface area contributed by atoms with Crippen LogP contribution in [0.4, 0.5) is 5.69 Å². The highest BCUT2D eigenvalue weighted by molar-refractivity contribution is 6.02. The molecule has 1 aromatic carbocycles. The van der Waals surface area contributed by atoms with Gasteiger partial charge in [0.1, 0.15) is 5.69 Å². The van der Waals surface area contributed by atoms with E-state index in [1.807, 2.05) is 0 Å². The molecule has 0 radical (unpaired) electrons. The number of carboxylic acids is 1. The summed E-state index contributed by atoms with van der Waals surface area (Å²) in [6, 6.07) is 10.4. The fraction of sp³-hybridized carbons (Fsp3) is 0.200. The highest BCUT2D eigenvalue weighted by Gasteiger charge is 2.51. The van der Waals surface area contributed by atoms with E-state index in [1.165, 1.54) is 0 Å². The maximum Gasteiger partial charge on any atom is 0.314 e. The van der Waals surface area contributed by atoms with Crippen LogP contribution in [0.25, 0.3) is 0 Å². The largest absolute Gasteiger partial charge is 0.481 e. The Bertz CT molecular complexity index is 640. The first-order valence-corrected chi connectivity index (χ1v) is 6.40. The molecule has 1 amide bonds. The standard InChI is InChI=1S/C15H14N2O3/c18-13(12-2-1-9-16-12)17-11-5-3-10(4-6-11)15(7-8-15)14(19)20/h1-6,9,16H,7-8H2,(H,17,18)(H,19,20). The van der Waals surface area contributed by atoms with Crippen molar-refractivity contribution in [2.24, 2.45) is 0 Å². The molecule has 102 valence electrons. The van der Waals surface area contributed by atoms with Crippen molar-refractivity contribution in [2.75, 3.05) is 5.32 Å². The number of aromatic amines is 1.